The summed E-state index contributed by atoms with van der Waals surface area (Å²) >= 11 is 1.27. The second-order valence-corrected chi connectivity index (χ2v) is 11.6. The number of nitrogens with one attached hydrogen (secondary N) is 1. The topological polar surface area (TPSA) is 58.6 Å². The van der Waals surface area contributed by atoms with E-state index in [4.69, 9.17) is 4.74 Å². The van der Waals surface area contributed by atoms with Crippen LogP contribution >= 0.6 is 11.3 Å². The van der Waals surface area contributed by atoms with Crippen molar-refractivity contribution in [3.63, 3.8) is 0 Å². The van der Waals surface area contributed by atoms with Crippen LogP contribution in [-0.4, -0.2) is 58.8 Å². The van der Waals surface area contributed by atoms with Gasteiger partial charge in [-0.1, -0.05) is 0 Å². The third-order valence-electron chi connectivity index (χ3n) is 6.40. The summed E-state index contributed by atoms with van der Waals surface area (Å²) in [5.74, 6) is -0.645. The van der Waals surface area contributed by atoms with Gasteiger partial charge in [0.1, 0.15) is 0 Å². The van der Waals surface area contributed by atoms with Crippen molar-refractivity contribution in [2.24, 2.45) is 0 Å². The fourth-order valence-corrected chi connectivity index (χ4v) is 7.07. The molecule has 0 bridgehead atoms. The number of ether oxygens (including phenoxy) is 1. The molecule has 0 spiro atoms. The van der Waals surface area contributed by atoms with Crippen LogP contribution in [0.3, 0.4) is 0 Å². The number of amides is 2. The van der Waals surface area contributed by atoms with Crippen LogP contribution in [0, 0.1) is 0 Å². The van der Waals surface area contributed by atoms with Crippen molar-refractivity contribution in [2.45, 2.75) is 25.4 Å². The number of rotatable bonds is 7. The standard InChI is InChI=1S/C27H26AsN2O3S/c1-33-16-22-3-2-11-30(22)15-18-4-7-21(8-5-18)28-14-25-24-13-19(20-10-12-34-17-20)6-9-23(24)26(31)29-27(25)32/h4-10,12-14,17,22H,2-3,11,15-16H2,1H3,(H,29,31,32)/t22-/m1/s1. The van der Waals surface area contributed by atoms with Gasteiger partial charge in [-0.05, 0) is 0 Å². The van der Waals surface area contributed by atoms with Gasteiger partial charge in [0, 0.05) is 0 Å². The van der Waals surface area contributed by atoms with E-state index in [-0.39, 0.29) is 27.6 Å². The van der Waals surface area contributed by atoms with Crippen LogP contribution in [0.1, 0.15) is 34.3 Å². The molecule has 5 rings (SSSR count). The predicted octanol–water partition coefficient (Wildman–Crippen LogP) is 3.67. The first-order valence-corrected chi connectivity index (χ1v) is 14.3. The van der Waals surface area contributed by atoms with Crippen molar-refractivity contribution >= 4 is 48.8 Å². The summed E-state index contributed by atoms with van der Waals surface area (Å²) in [5, 5.41) is 6.59. The molecule has 1 N–H and O–H groups in total. The van der Waals surface area contributed by atoms with E-state index in [9.17, 15) is 9.59 Å². The van der Waals surface area contributed by atoms with E-state index in [1.807, 2.05) is 34.5 Å². The van der Waals surface area contributed by atoms with Crippen molar-refractivity contribution in [2.75, 3.05) is 20.3 Å². The Kier molecular flexibility index (Phi) is 7.12. The molecular formula is C27H26AsN2O3S. The second-order valence-electron chi connectivity index (χ2n) is 8.62. The Morgan fingerprint density at radius 2 is 1.94 bits per heavy atom. The Morgan fingerprint density at radius 3 is 2.71 bits per heavy atom. The number of imide groups is 1. The van der Waals surface area contributed by atoms with Gasteiger partial charge in [-0.25, -0.2) is 0 Å². The van der Waals surface area contributed by atoms with Gasteiger partial charge < -0.3 is 0 Å². The van der Waals surface area contributed by atoms with E-state index >= 15 is 0 Å². The summed E-state index contributed by atoms with van der Waals surface area (Å²) in [7, 11) is 1.77. The Bertz CT molecular complexity index is 1220. The maximum absolute atomic E-state index is 12.7. The van der Waals surface area contributed by atoms with E-state index < -0.39 is 0 Å². The van der Waals surface area contributed by atoms with Gasteiger partial charge in [0.05, 0.1) is 0 Å². The molecule has 2 aliphatic rings. The van der Waals surface area contributed by atoms with Crippen LogP contribution in [-0.2, 0) is 16.1 Å². The zero-order valence-corrected chi connectivity index (χ0v) is 21.7. The van der Waals surface area contributed by atoms with E-state index in [2.05, 4.69) is 39.9 Å². The Balaban J connectivity index is 1.34. The second kappa shape index (κ2) is 10.4. The number of nitrogens with zero attached hydrogens (tertiary/aromatic N) is 1. The van der Waals surface area contributed by atoms with Gasteiger partial charge in [0.25, 0.3) is 0 Å². The van der Waals surface area contributed by atoms with Crippen LogP contribution < -0.4 is 9.67 Å². The molecule has 2 aromatic carbocycles. The van der Waals surface area contributed by atoms with Crippen LogP contribution in [0.25, 0.3) is 16.7 Å². The Labute approximate surface area is 210 Å². The minimum atomic E-state index is -0.362. The third-order valence-corrected chi connectivity index (χ3v) is 9.15. The number of thiophene rings is 1. The molecule has 7 heteroatoms. The third kappa shape index (κ3) is 4.96. The quantitative estimate of drug-likeness (QED) is 0.286. The molecule has 2 amide bonds. The molecule has 2 aliphatic heterocycles. The molecular weight excluding hydrogens is 507 g/mol. The first-order valence-electron chi connectivity index (χ1n) is 11.4. The summed E-state index contributed by atoms with van der Waals surface area (Å²) in [4.78, 5) is 29.6. The SMILES string of the molecule is COC[C@H]1CCCN1Cc1ccc([As]C=C2C(=O)NC(=O)c3ccc(-c4ccsc4)cc32)cc1. The number of hydrogen-bond acceptors (Lipinski definition) is 5. The summed E-state index contributed by atoms with van der Waals surface area (Å²) in [6, 6.07) is 17.0. The minimum absolute atomic E-state index is 0.315. The summed E-state index contributed by atoms with van der Waals surface area (Å²) in [6.07, 6.45) is 2.43. The molecule has 1 saturated heterocycles. The van der Waals surface area contributed by atoms with Crippen LogP contribution in [0.5, 0.6) is 0 Å². The Morgan fingerprint density at radius 1 is 1.09 bits per heavy atom. The van der Waals surface area contributed by atoms with Crippen molar-refractivity contribution in [3.05, 3.63) is 80.8 Å². The summed E-state index contributed by atoms with van der Waals surface area (Å²) in [6.45, 7) is 2.85. The molecule has 173 valence electrons. The molecule has 0 saturated carbocycles. The van der Waals surface area contributed by atoms with E-state index in [0.717, 1.165) is 36.4 Å². The van der Waals surface area contributed by atoms with Crippen molar-refractivity contribution in [3.8, 4) is 11.1 Å². The van der Waals surface area contributed by atoms with Gasteiger partial charge in [-0.15, -0.1) is 0 Å². The van der Waals surface area contributed by atoms with Gasteiger partial charge in [0.2, 0.25) is 0 Å². The molecule has 1 aromatic heterocycles. The zero-order chi connectivity index (χ0) is 23.5. The molecule has 1 fully saturated rings. The number of likely N-dealkylation sites (tertiary alicyclic amines) is 1. The Hall–Kier alpha value is -2.50. The summed E-state index contributed by atoms with van der Waals surface area (Å²) in [5.41, 5.74) is 5.28. The van der Waals surface area contributed by atoms with Crippen LogP contribution in [0.4, 0.5) is 0 Å². The van der Waals surface area contributed by atoms with Gasteiger partial charge in [0.15, 0.2) is 0 Å². The number of methoxy groups -OCH3 is 1. The van der Waals surface area contributed by atoms with Crippen LogP contribution in [0.2, 0.25) is 0 Å². The molecule has 34 heavy (non-hydrogen) atoms. The monoisotopic (exact) mass is 533 g/mol. The number of carbonyl (C=O) groups is 2. The van der Waals surface area contributed by atoms with Gasteiger partial charge >= 0.3 is 211 Å². The number of hydrogen-bond donors (Lipinski definition) is 1. The predicted molar refractivity (Wildman–Crippen MR) is 137 cm³/mol. The molecule has 1 radical (unpaired) electrons. The normalized spacial score (nSPS) is 19.8. The average molecular weight is 534 g/mol. The van der Waals surface area contributed by atoms with Crippen molar-refractivity contribution in [1.29, 1.82) is 0 Å². The average Bonchev–Trinajstić information content (AvgIpc) is 3.53. The number of carbonyl (C=O) groups excluding carboxylic acids is 2. The molecule has 1 atom stereocenters. The molecule has 3 aromatic rings. The van der Waals surface area contributed by atoms with E-state index in [1.54, 1.807) is 18.4 Å². The van der Waals surface area contributed by atoms with E-state index in [1.165, 1.54) is 22.8 Å². The van der Waals surface area contributed by atoms with Gasteiger partial charge in [-0.2, -0.15) is 0 Å². The molecule has 3 heterocycles. The fourth-order valence-electron chi connectivity index (χ4n) is 4.61. The number of fused-ring (bicyclic) bond motifs is 1. The maximum atomic E-state index is 12.7. The molecule has 5 nitrogen and oxygen atoms in total. The van der Waals surface area contributed by atoms with Gasteiger partial charge in [-0.3, -0.25) is 0 Å². The first-order chi connectivity index (χ1) is 16.6. The van der Waals surface area contributed by atoms with E-state index in [0.29, 0.717) is 17.2 Å². The summed E-state index contributed by atoms with van der Waals surface area (Å²) < 4.78 is 6.60. The molecule has 0 aliphatic carbocycles. The van der Waals surface area contributed by atoms with Crippen LogP contribution in [0.15, 0.2) is 64.2 Å². The van der Waals surface area contributed by atoms with Crippen molar-refractivity contribution in [1.82, 2.24) is 10.2 Å². The van der Waals surface area contributed by atoms with Crippen molar-refractivity contribution < 1.29 is 14.3 Å². The number of benzene rings is 2. The molecule has 0 unspecified atom stereocenters. The first kappa shape index (κ1) is 23.3. The zero-order valence-electron chi connectivity index (χ0n) is 19.0. The fraction of sp³-hybridized carbons (Fsp3) is 0.259.